The van der Waals surface area contributed by atoms with Crippen LogP contribution in [0.25, 0.3) is 0 Å². The second kappa shape index (κ2) is 80.7. The third-order valence-corrected chi connectivity index (χ3v) is 19.1. The molecule has 16 nitrogen and oxygen atoms in total. The van der Waals surface area contributed by atoms with E-state index < -0.39 is 91.5 Å². The van der Waals surface area contributed by atoms with Gasteiger partial charge in [0.2, 0.25) is 0 Å². The van der Waals surface area contributed by atoms with E-state index in [0.717, 1.165) is 154 Å². The molecule has 0 rings (SSSR count). The molecule has 0 aromatic carbocycles. The lowest BCUT2D eigenvalue weighted by Gasteiger charge is -2.21. The van der Waals surface area contributed by atoms with Crippen molar-refractivity contribution in [3.63, 3.8) is 0 Å². The Kier molecular flexibility index (Phi) is 77.0. The molecule has 4 N–H and O–H groups in total. The van der Waals surface area contributed by atoms with E-state index in [0.29, 0.717) is 19.3 Å². The Bertz CT molecular complexity index is 2580. The lowest BCUT2D eigenvalue weighted by Crippen LogP contribution is -2.30. The summed E-state index contributed by atoms with van der Waals surface area (Å²) in [6, 6.07) is 0. The second-order valence-corrected chi connectivity index (χ2v) is 30.4. The van der Waals surface area contributed by atoms with Crippen molar-refractivity contribution in [2.75, 3.05) is 39.6 Å². The van der Waals surface area contributed by atoms with Crippen LogP contribution in [-0.4, -0.2) is 95.9 Å². The van der Waals surface area contributed by atoms with E-state index in [-0.39, 0.29) is 19.3 Å². The highest BCUT2D eigenvalue weighted by atomic mass is 31.2. The van der Waals surface area contributed by atoms with Crippen molar-refractivity contribution >= 4 is 33.6 Å². The van der Waals surface area contributed by atoms with E-state index in [1.165, 1.54) is 116 Å². The van der Waals surface area contributed by atoms with Crippen molar-refractivity contribution in [1.82, 2.24) is 0 Å². The first kappa shape index (κ1) is 102. The maximum atomic E-state index is 13.0. The molecular weight excluding hydrogens is 1390 g/mol. The van der Waals surface area contributed by atoms with Crippen molar-refractivity contribution in [3.8, 4) is 0 Å². The molecule has 0 saturated carbocycles. The predicted molar refractivity (Wildman–Crippen MR) is 445 cm³/mol. The number of esters is 3. The van der Waals surface area contributed by atoms with Crippen LogP contribution in [-0.2, 0) is 55.8 Å². The molecule has 0 spiro atoms. The number of aliphatic hydroxyl groups is 2. The van der Waals surface area contributed by atoms with Gasteiger partial charge in [-0.1, -0.05) is 320 Å². The second-order valence-electron chi connectivity index (χ2n) is 27.5. The van der Waals surface area contributed by atoms with E-state index in [1.807, 2.05) is 0 Å². The summed E-state index contributed by atoms with van der Waals surface area (Å²) in [4.78, 5) is 58.7. The molecular formula is C89H150O16P2. The zero-order chi connectivity index (χ0) is 78.0. The zero-order valence-corrected chi connectivity index (χ0v) is 68.8. The molecule has 0 aliphatic rings. The number of ether oxygens (including phenoxy) is 3. The van der Waals surface area contributed by atoms with Gasteiger partial charge in [-0.25, -0.2) is 9.13 Å². The van der Waals surface area contributed by atoms with Gasteiger partial charge in [0.25, 0.3) is 0 Å². The quantitative estimate of drug-likeness (QED) is 0.0146. The van der Waals surface area contributed by atoms with Crippen molar-refractivity contribution in [3.05, 3.63) is 158 Å². The Morgan fingerprint density at radius 2 is 0.495 bits per heavy atom. The molecule has 0 bridgehead atoms. The van der Waals surface area contributed by atoms with Crippen molar-refractivity contribution in [1.29, 1.82) is 0 Å². The van der Waals surface area contributed by atoms with Crippen LogP contribution in [0.4, 0.5) is 0 Å². The van der Waals surface area contributed by atoms with E-state index >= 15 is 0 Å². The lowest BCUT2D eigenvalue weighted by atomic mass is 10.0. The fraction of sp³-hybridized carbons (Fsp3) is 0.674. The minimum Gasteiger partial charge on any atom is -0.463 e. The molecule has 18 heteroatoms. The maximum Gasteiger partial charge on any atom is 0.472 e. The summed E-state index contributed by atoms with van der Waals surface area (Å²) in [7, 11) is -9.82. The molecule has 0 amide bonds. The lowest BCUT2D eigenvalue weighted by molar-refractivity contribution is -0.161. The number of hydrogen-bond acceptors (Lipinski definition) is 14. The molecule has 0 heterocycles. The molecule has 0 fully saturated rings. The van der Waals surface area contributed by atoms with Gasteiger partial charge in [-0.2, -0.15) is 0 Å². The summed E-state index contributed by atoms with van der Waals surface area (Å²) in [6.07, 6.45) is 102. The number of hydrogen-bond donors (Lipinski definition) is 4. The molecule has 0 aliphatic carbocycles. The van der Waals surface area contributed by atoms with Gasteiger partial charge in [0, 0.05) is 19.3 Å². The van der Waals surface area contributed by atoms with Crippen LogP contribution in [0.5, 0.6) is 0 Å². The Hall–Kier alpha value is -4.83. The Labute approximate surface area is 650 Å². The monoisotopic (exact) mass is 1540 g/mol. The number of aliphatic hydroxyl groups excluding tert-OH is 2. The Morgan fingerprint density at radius 3 is 0.785 bits per heavy atom. The minimum absolute atomic E-state index is 0.0670. The number of carbonyl (C=O) groups is 3. The first-order valence-electron chi connectivity index (χ1n) is 41.8. The van der Waals surface area contributed by atoms with Gasteiger partial charge in [0.15, 0.2) is 6.10 Å². The minimum atomic E-state index is -4.95. The van der Waals surface area contributed by atoms with Crippen LogP contribution in [0, 0.1) is 0 Å². The number of rotatable bonds is 78. The summed E-state index contributed by atoms with van der Waals surface area (Å²) in [5, 5.41) is 20.7. The highest BCUT2D eigenvalue weighted by Gasteiger charge is 2.29. The van der Waals surface area contributed by atoms with Crippen molar-refractivity contribution in [2.24, 2.45) is 0 Å². The SMILES string of the molecule is CC/C=C\C/C=C\C/C=C\C/C=C\C/C=C\CCCCCCCC(=O)OCC(COP(=O)(O)OCC(O)COP(=O)(O)OCC(O)COC(=O)CCCCCCCCCCCCCCCCCCC/C=C\C/C=C\C/C=C\C/C=C\CCCCC)OC(=O)CCCCCC/C=C\C/C=C\C/C=C\C/C=C\CC. The first-order valence-corrected chi connectivity index (χ1v) is 44.8. The van der Waals surface area contributed by atoms with Crippen LogP contribution in [0.2, 0.25) is 0 Å². The number of carbonyl (C=O) groups excluding carboxylic acids is 3. The average molecular weight is 1540 g/mol. The third kappa shape index (κ3) is 82.0. The summed E-state index contributed by atoms with van der Waals surface area (Å²) < 4.78 is 61.2. The van der Waals surface area contributed by atoms with Gasteiger partial charge in [-0.3, -0.25) is 32.5 Å². The third-order valence-electron chi connectivity index (χ3n) is 17.2. The fourth-order valence-corrected chi connectivity index (χ4v) is 12.5. The van der Waals surface area contributed by atoms with E-state index in [4.69, 9.17) is 32.3 Å². The molecule has 0 aromatic rings. The number of allylic oxidation sites excluding steroid dienone is 26. The average Bonchev–Trinajstić information content (AvgIpc) is 0.927. The summed E-state index contributed by atoms with van der Waals surface area (Å²) >= 11 is 0. The molecule has 107 heavy (non-hydrogen) atoms. The van der Waals surface area contributed by atoms with E-state index in [9.17, 15) is 43.5 Å². The smallest absolute Gasteiger partial charge is 0.463 e. The van der Waals surface area contributed by atoms with Gasteiger partial charge in [-0.05, 0) is 148 Å². The van der Waals surface area contributed by atoms with Gasteiger partial charge in [0.1, 0.15) is 25.4 Å². The van der Waals surface area contributed by atoms with Gasteiger partial charge in [0.05, 0.1) is 26.4 Å². The molecule has 0 radical (unpaired) electrons. The molecule has 5 unspecified atom stereocenters. The summed E-state index contributed by atoms with van der Waals surface area (Å²) in [5.41, 5.74) is 0. The predicted octanol–water partition coefficient (Wildman–Crippen LogP) is 25.0. The normalized spacial score (nSPS) is 14.7. The number of unbranched alkanes of at least 4 members (excludes halogenated alkanes) is 29. The highest BCUT2D eigenvalue weighted by molar-refractivity contribution is 7.47. The van der Waals surface area contributed by atoms with Gasteiger partial charge < -0.3 is 34.2 Å². The standard InChI is InChI=1S/C89H150O16P2/c1-4-7-10-13-16-19-22-25-28-31-33-35-36-37-38-39-40-41-42-43-44-45-46-48-50-52-54-57-60-63-66-69-72-75-87(92)99-78-84(90)79-101-106(95,96)102-80-85(91)81-103-107(97,98)104-83-86(105-89(94)77-74-71-68-65-62-59-56-51-30-27-24-21-18-15-12-9-6-3)82-100-88(93)76-73-70-67-64-61-58-55-53-49-47-34-32-29-26-23-20-17-14-11-8-5-2/h8-9,11-12,16-21,25-30,33-35,37-38,47,53,55-56,59,84-86,90-91H,4-7,10,13-15,22-24,31-32,36,39-46,48-52,54,57-58,60-83H2,1-3H3,(H,95,96)(H,97,98)/b11-8-,12-9-,19-16-,20-17-,21-18-,28-25-,29-26-,30-27-,35-33-,38-37-,47-34-,55-53-,59-56-. The molecule has 612 valence electrons. The summed E-state index contributed by atoms with van der Waals surface area (Å²) in [6.45, 7) is 2.38. The maximum absolute atomic E-state index is 13.0. The largest absolute Gasteiger partial charge is 0.472 e. The summed E-state index contributed by atoms with van der Waals surface area (Å²) in [5.74, 6) is -1.63. The van der Waals surface area contributed by atoms with E-state index in [1.54, 1.807) is 0 Å². The van der Waals surface area contributed by atoms with Crippen LogP contribution in [0.15, 0.2) is 158 Å². The fourth-order valence-electron chi connectivity index (χ4n) is 10.9. The Morgan fingerprint density at radius 1 is 0.271 bits per heavy atom. The molecule has 0 saturated heterocycles. The van der Waals surface area contributed by atoms with Crippen LogP contribution in [0.3, 0.4) is 0 Å². The molecule has 5 atom stereocenters. The molecule has 0 aromatic heterocycles. The molecule has 0 aliphatic heterocycles. The van der Waals surface area contributed by atoms with Crippen LogP contribution < -0.4 is 0 Å². The number of phosphoric ester groups is 2. The van der Waals surface area contributed by atoms with Crippen molar-refractivity contribution < 1.29 is 75.8 Å². The zero-order valence-electron chi connectivity index (χ0n) is 67.0. The topological polar surface area (TPSA) is 231 Å². The van der Waals surface area contributed by atoms with Crippen LogP contribution >= 0.6 is 15.6 Å². The Balaban J connectivity index is 4.52. The van der Waals surface area contributed by atoms with Crippen LogP contribution in [0.1, 0.15) is 329 Å². The first-order chi connectivity index (χ1) is 52.2. The van der Waals surface area contributed by atoms with Gasteiger partial charge in [-0.15, -0.1) is 0 Å². The van der Waals surface area contributed by atoms with Gasteiger partial charge >= 0.3 is 33.6 Å². The van der Waals surface area contributed by atoms with Crippen molar-refractivity contribution in [2.45, 2.75) is 347 Å². The highest BCUT2D eigenvalue weighted by Crippen LogP contribution is 2.45. The number of phosphoric acid groups is 2. The van der Waals surface area contributed by atoms with E-state index in [2.05, 4.69) is 179 Å².